The number of nitrogens with one attached hydrogen (secondary N) is 1. The molecule has 17 heavy (non-hydrogen) atoms. The normalized spacial score (nSPS) is 26.3. The summed E-state index contributed by atoms with van der Waals surface area (Å²) in [6.45, 7) is 10.6. The van der Waals surface area contributed by atoms with E-state index in [-0.39, 0.29) is 11.4 Å². The maximum atomic E-state index is 12.1. The second kappa shape index (κ2) is 5.56. The molecular formula is C14H26N2O. The van der Waals surface area contributed by atoms with Gasteiger partial charge in [0.2, 0.25) is 0 Å². The van der Waals surface area contributed by atoms with E-state index in [4.69, 9.17) is 0 Å². The Bertz CT molecular complexity index is 281. The minimum Gasteiger partial charge on any atom is -0.319 e. The minimum atomic E-state index is 0.0326. The quantitative estimate of drug-likeness (QED) is 0.745. The van der Waals surface area contributed by atoms with Gasteiger partial charge >= 0.3 is 6.03 Å². The monoisotopic (exact) mass is 238 g/mol. The molecule has 1 saturated heterocycles. The van der Waals surface area contributed by atoms with Crippen molar-refractivity contribution in [2.24, 2.45) is 5.41 Å². The van der Waals surface area contributed by atoms with Crippen LogP contribution in [0.1, 0.15) is 53.9 Å². The summed E-state index contributed by atoms with van der Waals surface area (Å²) in [5, 5.41) is 2.88. The number of carbonyl (C=O) groups excluding carboxylic acids is 1. The summed E-state index contributed by atoms with van der Waals surface area (Å²) in [6, 6.07) is 0.730. The van der Waals surface area contributed by atoms with E-state index in [1.54, 1.807) is 6.20 Å². The lowest BCUT2D eigenvalue weighted by molar-refractivity contribution is 0.125. The molecule has 0 radical (unpaired) electrons. The van der Waals surface area contributed by atoms with Gasteiger partial charge in [0, 0.05) is 18.3 Å². The van der Waals surface area contributed by atoms with Crippen LogP contribution in [0.3, 0.4) is 0 Å². The number of hydrogen-bond donors (Lipinski definition) is 1. The second-order valence-electron chi connectivity index (χ2n) is 6.19. The van der Waals surface area contributed by atoms with Gasteiger partial charge in [-0.3, -0.25) is 0 Å². The summed E-state index contributed by atoms with van der Waals surface area (Å²) in [4.78, 5) is 14.0. The maximum absolute atomic E-state index is 12.1. The fraction of sp³-hybridized carbons (Fsp3) is 0.786. The number of urea groups is 1. The van der Waals surface area contributed by atoms with Gasteiger partial charge in [0.25, 0.3) is 0 Å². The van der Waals surface area contributed by atoms with E-state index in [9.17, 15) is 4.79 Å². The Kier molecular flexibility index (Phi) is 4.61. The number of rotatable bonds is 1. The molecular weight excluding hydrogens is 212 g/mol. The van der Waals surface area contributed by atoms with Gasteiger partial charge in [-0.1, -0.05) is 26.8 Å². The Balaban J connectivity index is 2.54. The number of carbonyl (C=O) groups is 1. The molecule has 1 N–H and O–H groups in total. The lowest BCUT2D eigenvalue weighted by Crippen LogP contribution is -2.50. The Labute approximate surface area is 105 Å². The van der Waals surface area contributed by atoms with E-state index < -0.39 is 0 Å². The number of allylic oxidation sites excluding steroid dienone is 1. The van der Waals surface area contributed by atoms with Gasteiger partial charge in [-0.15, -0.1) is 0 Å². The highest BCUT2D eigenvalue weighted by atomic mass is 16.2. The summed E-state index contributed by atoms with van der Waals surface area (Å²) in [5.41, 5.74) is 0.104. The molecule has 1 fully saturated rings. The zero-order chi connectivity index (χ0) is 13.1. The Morgan fingerprint density at radius 2 is 1.76 bits per heavy atom. The molecule has 0 aromatic heterocycles. The molecule has 0 saturated carbocycles. The van der Waals surface area contributed by atoms with Gasteiger partial charge in [-0.25, -0.2) is 4.79 Å². The Morgan fingerprint density at radius 1 is 1.24 bits per heavy atom. The van der Waals surface area contributed by atoms with Crippen LogP contribution in [0.4, 0.5) is 4.79 Å². The first-order chi connectivity index (χ1) is 7.81. The average Bonchev–Trinajstić information content (AvgIpc) is 2.15. The maximum Gasteiger partial charge on any atom is 0.321 e. The number of amides is 2. The van der Waals surface area contributed by atoms with Crippen molar-refractivity contribution in [1.29, 1.82) is 0 Å². The predicted octanol–water partition coefficient (Wildman–Crippen LogP) is 3.52. The van der Waals surface area contributed by atoms with Gasteiger partial charge in [-0.2, -0.15) is 0 Å². The molecule has 3 heteroatoms. The Hall–Kier alpha value is -0.990. The van der Waals surface area contributed by atoms with Gasteiger partial charge in [0.05, 0.1) is 0 Å². The summed E-state index contributed by atoms with van der Waals surface area (Å²) in [6.07, 6.45) is 7.24. The van der Waals surface area contributed by atoms with Crippen molar-refractivity contribution in [3.63, 3.8) is 0 Å². The van der Waals surface area contributed by atoms with E-state index in [1.165, 1.54) is 6.42 Å². The fourth-order valence-electron chi connectivity index (χ4n) is 2.26. The van der Waals surface area contributed by atoms with Gasteiger partial charge in [0.1, 0.15) is 0 Å². The molecule has 0 bridgehead atoms. The van der Waals surface area contributed by atoms with Crippen molar-refractivity contribution in [1.82, 2.24) is 10.2 Å². The van der Waals surface area contributed by atoms with Crippen LogP contribution in [0.25, 0.3) is 0 Å². The van der Waals surface area contributed by atoms with Crippen molar-refractivity contribution >= 4 is 6.03 Å². The highest BCUT2D eigenvalue weighted by Gasteiger charge is 2.28. The summed E-state index contributed by atoms with van der Waals surface area (Å²) in [7, 11) is 0. The molecule has 1 rings (SSSR count). The van der Waals surface area contributed by atoms with Gasteiger partial charge < -0.3 is 10.2 Å². The highest BCUT2D eigenvalue weighted by Crippen LogP contribution is 2.22. The van der Waals surface area contributed by atoms with E-state index in [0.717, 1.165) is 12.8 Å². The number of piperidine rings is 1. The second-order valence-corrected chi connectivity index (χ2v) is 6.19. The lowest BCUT2D eigenvalue weighted by Gasteiger charge is -2.38. The molecule has 1 heterocycles. The number of hydrogen-bond acceptors (Lipinski definition) is 1. The molecule has 2 atom stereocenters. The van der Waals surface area contributed by atoms with Crippen LogP contribution in [-0.2, 0) is 0 Å². The van der Waals surface area contributed by atoms with Crippen LogP contribution in [0, 0.1) is 5.41 Å². The van der Waals surface area contributed by atoms with Crippen LogP contribution in [-0.4, -0.2) is 23.0 Å². The highest BCUT2D eigenvalue weighted by molar-refractivity contribution is 5.76. The molecule has 3 nitrogen and oxygen atoms in total. The van der Waals surface area contributed by atoms with Gasteiger partial charge in [0.15, 0.2) is 0 Å². The van der Waals surface area contributed by atoms with E-state index in [2.05, 4.69) is 39.9 Å². The lowest BCUT2D eigenvalue weighted by atomic mass is 9.97. The first-order valence-electron chi connectivity index (χ1n) is 6.58. The molecule has 98 valence electrons. The summed E-state index contributed by atoms with van der Waals surface area (Å²) >= 11 is 0. The number of likely N-dealkylation sites (tertiary alicyclic amines) is 1. The molecule has 1 aliphatic rings. The average molecular weight is 238 g/mol. The first-order valence-corrected chi connectivity index (χ1v) is 6.58. The zero-order valence-corrected chi connectivity index (χ0v) is 11.8. The van der Waals surface area contributed by atoms with Crippen LogP contribution >= 0.6 is 0 Å². The van der Waals surface area contributed by atoms with Gasteiger partial charge in [-0.05, 0) is 38.5 Å². The molecule has 2 amide bonds. The third-order valence-electron chi connectivity index (χ3n) is 3.22. The SMILES string of the molecule is CC1CCCC(C)N1C(=O)N/C=C/C(C)(C)C. The first kappa shape index (κ1) is 14.1. The third-order valence-corrected chi connectivity index (χ3v) is 3.22. The van der Waals surface area contributed by atoms with Crippen LogP contribution in [0.15, 0.2) is 12.3 Å². The molecule has 1 aliphatic heterocycles. The van der Waals surface area contributed by atoms with Crippen LogP contribution in [0.5, 0.6) is 0 Å². The Morgan fingerprint density at radius 3 is 2.24 bits per heavy atom. The van der Waals surface area contributed by atoms with E-state index >= 15 is 0 Å². The summed E-state index contributed by atoms with van der Waals surface area (Å²) in [5.74, 6) is 0. The van der Waals surface area contributed by atoms with E-state index in [0.29, 0.717) is 12.1 Å². The van der Waals surface area contributed by atoms with E-state index in [1.807, 2.05) is 11.0 Å². The van der Waals surface area contributed by atoms with Crippen LogP contribution in [0.2, 0.25) is 0 Å². The fourth-order valence-corrected chi connectivity index (χ4v) is 2.26. The van der Waals surface area contributed by atoms with Crippen molar-refractivity contribution in [3.8, 4) is 0 Å². The number of nitrogens with zero attached hydrogens (tertiary/aromatic N) is 1. The molecule has 0 aromatic carbocycles. The minimum absolute atomic E-state index is 0.0326. The van der Waals surface area contributed by atoms with Crippen molar-refractivity contribution in [2.45, 2.75) is 66.0 Å². The standard InChI is InChI=1S/C14H26N2O/c1-11-7-6-8-12(2)16(11)13(17)15-10-9-14(3,4)5/h9-12H,6-8H2,1-5H3,(H,15,17)/b10-9+. The van der Waals surface area contributed by atoms with Crippen molar-refractivity contribution in [3.05, 3.63) is 12.3 Å². The topological polar surface area (TPSA) is 32.3 Å². The van der Waals surface area contributed by atoms with Crippen molar-refractivity contribution < 1.29 is 4.79 Å². The van der Waals surface area contributed by atoms with Crippen molar-refractivity contribution in [2.75, 3.05) is 0 Å². The molecule has 2 unspecified atom stereocenters. The smallest absolute Gasteiger partial charge is 0.319 e. The zero-order valence-electron chi connectivity index (χ0n) is 11.8. The molecule has 0 spiro atoms. The molecule has 0 aromatic rings. The molecule has 0 aliphatic carbocycles. The van der Waals surface area contributed by atoms with Crippen LogP contribution < -0.4 is 5.32 Å². The largest absolute Gasteiger partial charge is 0.321 e. The predicted molar refractivity (Wildman–Crippen MR) is 71.7 cm³/mol. The third kappa shape index (κ3) is 4.41. The summed E-state index contributed by atoms with van der Waals surface area (Å²) < 4.78 is 0.